The van der Waals surface area contributed by atoms with Crippen molar-refractivity contribution in [2.45, 2.75) is 38.8 Å². The number of nitrogens with one attached hydrogen (secondary N) is 1. The first-order valence-corrected chi connectivity index (χ1v) is 3.16. The first-order chi connectivity index (χ1) is 3.77. The normalized spacial score (nSPS) is 13.9. The van der Waals surface area contributed by atoms with Gasteiger partial charge in [-0.1, -0.05) is 19.8 Å². The Morgan fingerprint density at radius 3 is 2.50 bits per heavy atom. The summed E-state index contributed by atoms with van der Waals surface area (Å²) in [6, 6.07) is 0. The van der Waals surface area contributed by atoms with Crippen LogP contribution in [0.1, 0.15) is 32.6 Å². The highest BCUT2D eigenvalue weighted by Gasteiger charge is 1.93. The molecule has 0 bridgehead atoms. The molecule has 0 aliphatic rings. The summed E-state index contributed by atoms with van der Waals surface area (Å²) in [6.45, 7) is 2.11. The number of rotatable bonds is 4. The fourth-order valence-corrected chi connectivity index (χ4v) is 0.588. The van der Waals surface area contributed by atoms with Crippen LogP contribution in [0.25, 0.3) is 0 Å². The first-order valence-electron chi connectivity index (χ1n) is 3.16. The second-order valence-electron chi connectivity index (χ2n) is 2.01. The van der Waals surface area contributed by atoms with Crippen LogP contribution >= 0.6 is 0 Å². The molecule has 0 aromatic heterocycles. The predicted octanol–water partition coefficient (Wildman–Crippen LogP) is 1.17. The molecule has 2 N–H and O–H groups in total. The maximum absolute atomic E-state index is 8.45. The lowest BCUT2D eigenvalue weighted by Crippen LogP contribution is -2.05. The molecule has 0 fully saturated rings. The van der Waals surface area contributed by atoms with Gasteiger partial charge in [-0.25, -0.2) is 5.73 Å². The SMILES string of the molecule is CCCCCC([NH])O. The molecule has 2 nitrogen and oxygen atoms in total. The lowest BCUT2D eigenvalue weighted by Gasteiger charge is -1.99. The van der Waals surface area contributed by atoms with E-state index in [9.17, 15) is 0 Å². The molecular weight excluding hydrogens is 102 g/mol. The topological polar surface area (TPSA) is 44.0 Å². The average Bonchev–Trinajstić information content (AvgIpc) is 1.66. The Kier molecular flexibility index (Phi) is 5.01. The predicted molar refractivity (Wildman–Crippen MR) is 33.2 cm³/mol. The molecule has 1 unspecified atom stereocenters. The zero-order valence-electron chi connectivity index (χ0n) is 5.35. The van der Waals surface area contributed by atoms with Crippen LogP contribution < -0.4 is 5.73 Å². The molecule has 0 aliphatic heterocycles. The third-order valence-electron chi connectivity index (χ3n) is 1.08. The second kappa shape index (κ2) is 5.06. The van der Waals surface area contributed by atoms with Crippen LogP contribution in [-0.4, -0.2) is 11.3 Å². The molecule has 1 atom stereocenters. The van der Waals surface area contributed by atoms with Gasteiger partial charge in [0.25, 0.3) is 0 Å². The van der Waals surface area contributed by atoms with Gasteiger partial charge in [0.1, 0.15) is 6.23 Å². The Morgan fingerprint density at radius 2 is 2.12 bits per heavy atom. The van der Waals surface area contributed by atoms with Gasteiger partial charge in [0.2, 0.25) is 0 Å². The van der Waals surface area contributed by atoms with Crippen molar-refractivity contribution in [1.82, 2.24) is 5.73 Å². The molecule has 0 saturated heterocycles. The fourth-order valence-electron chi connectivity index (χ4n) is 0.588. The molecule has 8 heavy (non-hydrogen) atoms. The standard InChI is InChI=1S/C6H14NO/c1-2-3-4-5-6(7)8/h6-8H,2-5H2,1H3. The Labute approximate surface area is 50.7 Å². The third-order valence-corrected chi connectivity index (χ3v) is 1.08. The number of aliphatic hydroxyl groups excluding tert-OH is 1. The first kappa shape index (κ1) is 7.92. The molecule has 1 radical (unpaired) electrons. The Balaban J connectivity index is 2.72. The van der Waals surface area contributed by atoms with E-state index >= 15 is 0 Å². The Morgan fingerprint density at radius 1 is 1.50 bits per heavy atom. The molecule has 0 rings (SSSR count). The van der Waals surface area contributed by atoms with Gasteiger partial charge in [0, 0.05) is 0 Å². The molecule has 0 aromatic carbocycles. The molecule has 2 heteroatoms. The van der Waals surface area contributed by atoms with Crippen LogP contribution in [0.4, 0.5) is 0 Å². The lowest BCUT2D eigenvalue weighted by molar-refractivity contribution is 0.160. The van der Waals surface area contributed by atoms with Crippen LogP contribution in [0, 0.1) is 0 Å². The van der Waals surface area contributed by atoms with E-state index in [1.807, 2.05) is 0 Å². The van der Waals surface area contributed by atoms with Crippen molar-refractivity contribution in [2.75, 3.05) is 0 Å². The van der Waals surface area contributed by atoms with Gasteiger partial charge in [0.05, 0.1) is 0 Å². The fraction of sp³-hybridized carbons (Fsp3) is 1.00. The van der Waals surface area contributed by atoms with Crippen LogP contribution in [0.2, 0.25) is 0 Å². The molecule has 0 aromatic rings. The zero-order chi connectivity index (χ0) is 6.41. The molecule has 0 spiro atoms. The lowest BCUT2D eigenvalue weighted by atomic mass is 10.2. The number of hydrogen-bond donors (Lipinski definition) is 1. The highest BCUT2D eigenvalue weighted by molar-refractivity contribution is 4.43. The molecule has 0 aliphatic carbocycles. The van der Waals surface area contributed by atoms with Crippen molar-refractivity contribution in [2.24, 2.45) is 0 Å². The molecule has 0 saturated carbocycles. The van der Waals surface area contributed by atoms with Gasteiger partial charge in [-0.05, 0) is 12.8 Å². The number of unbranched alkanes of at least 4 members (excludes halogenated alkanes) is 2. The third kappa shape index (κ3) is 5.92. The van der Waals surface area contributed by atoms with Crippen molar-refractivity contribution in [3.8, 4) is 0 Å². The minimum Gasteiger partial charge on any atom is -0.377 e. The quantitative estimate of drug-likeness (QED) is 0.550. The summed E-state index contributed by atoms with van der Waals surface area (Å²) in [6.07, 6.45) is 3.07. The molecule has 0 heterocycles. The monoisotopic (exact) mass is 116 g/mol. The van der Waals surface area contributed by atoms with Crippen molar-refractivity contribution in [3.63, 3.8) is 0 Å². The van der Waals surface area contributed by atoms with Crippen molar-refractivity contribution in [3.05, 3.63) is 0 Å². The second-order valence-corrected chi connectivity index (χ2v) is 2.01. The summed E-state index contributed by atoms with van der Waals surface area (Å²) < 4.78 is 0. The zero-order valence-corrected chi connectivity index (χ0v) is 5.35. The minimum atomic E-state index is -0.846. The van der Waals surface area contributed by atoms with E-state index in [2.05, 4.69) is 6.92 Å². The van der Waals surface area contributed by atoms with Crippen LogP contribution in [0.15, 0.2) is 0 Å². The summed E-state index contributed by atoms with van der Waals surface area (Å²) >= 11 is 0. The van der Waals surface area contributed by atoms with E-state index in [0.717, 1.165) is 19.3 Å². The molecule has 0 amide bonds. The number of hydrogen-bond acceptors (Lipinski definition) is 1. The van der Waals surface area contributed by atoms with E-state index in [1.54, 1.807) is 0 Å². The van der Waals surface area contributed by atoms with E-state index in [-0.39, 0.29) is 0 Å². The molecule has 49 valence electrons. The van der Waals surface area contributed by atoms with Gasteiger partial charge in [-0.2, -0.15) is 0 Å². The summed E-state index contributed by atoms with van der Waals surface area (Å²) in [5.74, 6) is 0. The highest BCUT2D eigenvalue weighted by Crippen LogP contribution is 1.99. The van der Waals surface area contributed by atoms with Crippen LogP contribution in [-0.2, 0) is 0 Å². The van der Waals surface area contributed by atoms with Gasteiger partial charge in [0.15, 0.2) is 0 Å². The highest BCUT2D eigenvalue weighted by atomic mass is 16.3. The Hall–Kier alpha value is -0.0800. The van der Waals surface area contributed by atoms with Crippen molar-refractivity contribution >= 4 is 0 Å². The van der Waals surface area contributed by atoms with E-state index in [4.69, 9.17) is 10.8 Å². The summed E-state index contributed by atoms with van der Waals surface area (Å²) in [5, 5.41) is 8.45. The van der Waals surface area contributed by atoms with Crippen molar-refractivity contribution < 1.29 is 5.11 Å². The maximum atomic E-state index is 8.45. The minimum absolute atomic E-state index is 0.633. The van der Waals surface area contributed by atoms with E-state index in [1.165, 1.54) is 0 Å². The van der Waals surface area contributed by atoms with Gasteiger partial charge in [-0.3, -0.25) is 0 Å². The average molecular weight is 116 g/mol. The van der Waals surface area contributed by atoms with Crippen LogP contribution in [0.3, 0.4) is 0 Å². The van der Waals surface area contributed by atoms with E-state index in [0.29, 0.717) is 6.42 Å². The van der Waals surface area contributed by atoms with Gasteiger partial charge < -0.3 is 5.11 Å². The maximum Gasteiger partial charge on any atom is 0.117 e. The summed E-state index contributed by atoms with van der Waals surface area (Å²) in [5.41, 5.74) is 6.71. The van der Waals surface area contributed by atoms with Crippen molar-refractivity contribution in [1.29, 1.82) is 0 Å². The van der Waals surface area contributed by atoms with Gasteiger partial charge in [-0.15, -0.1) is 0 Å². The van der Waals surface area contributed by atoms with Crippen LogP contribution in [0.5, 0.6) is 0 Å². The molecular formula is C6H14NO. The number of aliphatic hydroxyl groups is 1. The Bertz CT molecular complexity index is 45.8. The van der Waals surface area contributed by atoms with E-state index < -0.39 is 6.23 Å². The largest absolute Gasteiger partial charge is 0.377 e. The van der Waals surface area contributed by atoms with Gasteiger partial charge >= 0.3 is 0 Å². The summed E-state index contributed by atoms with van der Waals surface area (Å²) in [4.78, 5) is 0. The smallest absolute Gasteiger partial charge is 0.117 e. The summed E-state index contributed by atoms with van der Waals surface area (Å²) in [7, 11) is 0.